The van der Waals surface area contributed by atoms with Gasteiger partial charge in [-0.15, -0.1) is 0 Å². The Morgan fingerprint density at radius 3 is 2.43 bits per heavy atom. The second-order valence-corrected chi connectivity index (χ2v) is 5.75. The molecular formula is C18H22ClNO. The normalized spacial score (nSPS) is 10.7. The molecular weight excluding hydrogens is 282 g/mol. The van der Waals surface area contributed by atoms with Gasteiger partial charge in [0.1, 0.15) is 12.4 Å². The van der Waals surface area contributed by atoms with E-state index in [0.717, 1.165) is 29.4 Å². The maximum Gasteiger partial charge on any atom is 0.124 e. The van der Waals surface area contributed by atoms with Crippen molar-refractivity contribution in [3.05, 3.63) is 63.7 Å². The molecule has 0 fully saturated rings. The van der Waals surface area contributed by atoms with Crippen molar-refractivity contribution in [2.24, 2.45) is 0 Å². The van der Waals surface area contributed by atoms with Gasteiger partial charge in [0, 0.05) is 17.1 Å². The smallest absolute Gasteiger partial charge is 0.124 e. The highest BCUT2D eigenvalue weighted by Crippen LogP contribution is 2.24. The minimum Gasteiger partial charge on any atom is -0.489 e. The van der Waals surface area contributed by atoms with Crippen LogP contribution in [-0.2, 0) is 13.2 Å². The lowest BCUT2D eigenvalue weighted by Crippen LogP contribution is -2.13. The molecule has 0 bridgehead atoms. The summed E-state index contributed by atoms with van der Waals surface area (Å²) in [5.74, 6) is 0.888. The number of halogens is 1. The van der Waals surface area contributed by atoms with Gasteiger partial charge in [-0.05, 0) is 44.2 Å². The molecule has 0 amide bonds. The molecule has 3 heteroatoms. The molecule has 2 rings (SSSR count). The summed E-state index contributed by atoms with van der Waals surface area (Å²) in [5, 5.41) is 4.05. The zero-order chi connectivity index (χ0) is 15.2. The minimum atomic E-state index is 0.573. The van der Waals surface area contributed by atoms with Crippen molar-refractivity contribution in [2.75, 3.05) is 6.54 Å². The van der Waals surface area contributed by atoms with E-state index in [1.54, 1.807) is 0 Å². The first-order chi connectivity index (χ1) is 10.1. The Balaban J connectivity index is 2.11. The van der Waals surface area contributed by atoms with Crippen LogP contribution in [-0.4, -0.2) is 6.54 Å². The Labute approximate surface area is 132 Å². The summed E-state index contributed by atoms with van der Waals surface area (Å²) in [6, 6.07) is 12.3. The highest BCUT2D eigenvalue weighted by molar-refractivity contribution is 6.30. The fraction of sp³-hybridized carbons (Fsp3) is 0.333. The van der Waals surface area contributed by atoms with Gasteiger partial charge in [0.25, 0.3) is 0 Å². The largest absolute Gasteiger partial charge is 0.489 e. The molecule has 2 nitrogen and oxygen atoms in total. The van der Waals surface area contributed by atoms with Crippen LogP contribution in [0.5, 0.6) is 5.75 Å². The molecule has 0 aliphatic heterocycles. The standard InChI is InChI=1S/C18H22ClNO/c1-4-20-11-16-10-17(19)5-6-18(16)21-12-15-8-13(2)7-14(3)9-15/h5-10,20H,4,11-12H2,1-3H3. The fourth-order valence-electron chi connectivity index (χ4n) is 2.40. The van der Waals surface area contributed by atoms with Crippen LogP contribution in [0.1, 0.15) is 29.2 Å². The van der Waals surface area contributed by atoms with E-state index in [9.17, 15) is 0 Å². The number of benzene rings is 2. The van der Waals surface area contributed by atoms with Crippen LogP contribution in [0.25, 0.3) is 0 Å². The lowest BCUT2D eigenvalue weighted by molar-refractivity contribution is 0.302. The summed E-state index contributed by atoms with van der Waals surface area (Å²) >= 11 is 6.07. The Hall–Kier alpha value is -1.51. The summed E-state index contributed by atoms with van der Waals surface area (Å²) in [7, 11) is 0. The Bertz CT molecular complexity index is 590. The third-order valence-electron chi connectivity index (χ3n) is 3.26. The second kappa shape index (κ2) is 7.48. The van der Waals surface area contributed by atoms with Gasteiger partial charge in [-0.1, -0.05) is 47.9 Å². The molecule has 21 heavy (non-hydrogen) atoms. The summed E-state index contributed by atoms with van der Waals surface area (Å²) in [6.45, 7) is 8.55. The number of aryl methyl sites for hydroxylation is 2. The summed E-state index contributed by atoms with van der Waals surface area (Å²) < 4.78 is 5.99. The van der Waals surface area contributed by atoms with Crippen LogP contribution in [0, 0.1) is 13.8 Å². The molecule has 0 radical (unpaired) electrons. The topological polar surface area (TPSA) is 21.3 Å². The number of nitrogens with one attached hydrogen (secondary N) is 1. The maximum absolute atomic E-state index is 6.07. The number of rotatable bonds is 6. The van der Waals surface area contributed by atoms with Gasteiger partial charge in [0.05, 0.1) is 0 Å². The molecule has 0 atom stereocenters. The molecule has 0 aliphatic carbocycles. The Morgan fingerprint density at radius 1 is 1.05 bits per heavy atom. The van der Waals surface area contributed by atoms with E-state index in [4.69, 9.17) is 16.3 Å². The van der Waals surface area contributed by atoms with E-state index in [0.29, 0.717) is 6.61 Å². The average molecular weight is 304 g/mol. The molecule has 0 saturated heterocycles. The van der Waals surface area contributed by atoms with Gasteiger partial charge >= 0.3 is 0 Å². The van der Waals surface area contributed by atoms with Crippen LogP contribution < -0.4 is 10.1 Å². The van der Waals surface area contributed by atoms with Gasteiger partial charge in [-0.3, -0.25) is 0 Å². The molecule has 0 spiro atoms. The quantitative estimate of drug-likeness (QED) is 0.839. The third kappa shape index (κ3) is 4.76. The molecule has 0 aromatic heterocycles. The van der Waals surface area contributed by atoms with Gasteiger partial charge < -0.3 is 10.1 Å². The highest BCUT2D eigenvalue weighted by atomic mass is 35.5. The zero-order valence-electron chi connectivity index (χ0n) is 12.9. The summed E-state index contributed by atoms with van der Waals surface area (Å²) in [6.07, 6.45) is 0. The van der Waals surface area contributed by atoms with Crippen molar-refractivity contribution >= 4 is 11.6 Å². The molecule has 0 heterocycles. The van der Waals surface area contributed by atoms with E-state index in [-0.39, 0.29) is 0 Å². The van der Waals surface area contributed by atoms with Crippen molar-refractivity contribution in [3.63, 3.8) is 0 Å². The Kier molecular flexibility index (Phi) is 5.66. The van der Waals surface area contributed by atoms with E-state index in [1.807, 2.05) is 18.2 Å². The summed E-state index contributed by atoms with van der Waals surface area (Å²) in [5.41, 5.74) is 4.81. The molecule has 0 saturated carbocycles. The molecule has 2 aromatic rings. The first kappa shape index (κ1) is 15.9. The molecule has 0 unspecified atom stereocenters. The first-order valence-corrected chi connectivity index (χ1v) is 7.65. The van der Waals surface area contributed by atoms with Gasteiger partial charge in [0.15, 0.2) is 0 Å². The van der Waals surface area contributed by atoms with E-state index in [2.05, 4.69) is 44.3 Å². The van der Waals surface area contributed by atoms with Crippen LogP contribution in [0.4, 0.5) is 0 Å². The SMILES string of the molecule is CCNCc1cc(Cl)ccc1OCc1cc(C)cc(C)c1. The zero-order valence-corrected chi connectivity index (χ0v) is 13.6. The predicted octanol–water partition coefficient (Wildman–Crippen LogP) is 4.65. The molecule has 0 aliphatic rings. The van der Waals surface area contributed by atoms with Gasteiger partial charge in [-0.25, -0.2) is 0 Å². The van der Waals surface area contributed by atoms with Crippen molar-refractivity contribution in [1.29, 1.82) is 0 Å². The number of ether oxygens (including phenoxy) is 1. The molecule has 2 aromatic carbocycles. The minimum absolute atomic E-state index is 0.573. The lowest BCUT2D eigenvalue weighted by Gasteiger charge is -2.13. The predicted molar refractivity (Wildman–Crippen MR) is 89.1 cm³/mol. The van der Waals surface area contributed by atoms with Crippen LogP contribution in [0.3, 0.4) is 0 Å². The van der Waals surface area contributed by atoms with E-state index in [1.165, 1.54) is 16.7 Å². The number of hydrogen-bond donors (Lipinski definition) is 1. The Morgan fingerprint density at radius 2 is 1.76 bits per heavy atom. The van der Waals surface area contributed by atoms with Crippen LogP contribution in [0.15, 0.2) is 36.4 Å². The third-order valence-corrected chi connectivity index (χ3v) is 3.50. The van der Waals surface area contributed by atoms with Crippen LogP contribution >= 0.6 is 11.6 Å². The molecule has 112 valence electrons. The van der Waals surface area contributed by atoms with Gasteiger partial charge in [-0.2, -0.15) is 0 Å². The van der Waals surface area contributed by atoms with Crippen molar-refractivity contribution in [2.45, 2.75) is 33.9 Å². The molecule has 1 N–H and O–H groups in total. The number of hydrogen-bond acceptors (Lipinski definition) is 2. The lowest BCUT2D eigenvalue weighted by atomic mass is 10.1. The monoisotopic (exact) mass is 303 g/mol. The average Bonchev–Trinajstić information content (AvgIpc) is 2.43. The van der Waals surface area contributed by atoms with Crippen molar-refractivity contribution in [3.8, 4) is 5.75 Å². The summed E-state index contributed by atoms with van der Waals surface area (Å²) in [4.78, 5) is 0. The van der Waals surface area contributed by atoms with Crippen molar-refractivity contribution < 1.29 is 4.74 Å². The van der Waals surface area contributed by atoms with Crippen LogP contribution in [0.2, 0.25) is 5.02 Å². The first-order valence-electron chi connectivity index (χ1n) is 7.27. The van der Waals surface area contributed by atoms with Crippen molar-refractivity contribution in [1.82, 2.24) is 5.32 Å². The van der Waals surface area contributed by atoms with Gasteiger partial charge in [0.2, 0.25) is 0 Å². The highest BCUT2D eigenvalue weighted by Gasteiger charge is 2.05. The van der Waals surface area contributed by atoms with E-state index < -0.39 is 0 Å². The van der Waals surface area contributed by atoms with E-state index >= 15 is 0 Å². The fourth-order valence-corrected chi connectivity index (χ4v) is 2.59. The second-order valence-electron chi connectivity index (χ2n) is 5.32. The maximum atomic E-state index is 6.07.